The zero-order valence-electron chi connectivity index (χ0n) is 13.1. The quantitative estimate of drug-likeness (QED) is 0.679. The highest BCUT2D eigenvalue weighted by Crippen LogP contribution is 2.49. The highest BCUT2D eigenvalue weighted by molar-refractivity contribution is 8.00. The lowest BCUT2D eigenvalue weighted by molar-refractivity contribution is -0.136. The predicted octanol–water partition coefficient (Wildman–Crippen LogP) is 5.70. The van der Waals surface area contributed by atoms with E-state index >= 15 is 0 Å². The van der Waals surface area contributed by atoms with E-state index < -0.39 is 0 Å². The first-order valence-electron chi connectivity index (χ1n) is 7.28. The standard InChI is InChI=1S/C18H15Cl2NO2S/c1-10-15(18(22)23-2)17(11-6-5-7-12(19)16(11)20)24-14-9-4-3-8-13(14)21-10/h3-9,17,21H,1-2H3. The average Bonchev–Trinajstić information content (AvgIpc) is 2.72. The van der Waals surface area contributed by atoms with Crippen LogP contribution in [0.15, 0.2) is 58.6 Å². The van der Waals surface area contributed by atoms with Crippen molar-refractivity contribution in [1.29, 1.82) is 0 Å². The summed E-state index contributed by atoms with van der Waals surface area (Å²) in [5, 5.41) is 3.89. The normalized spacial score (nSPS) is 16.9. The molecular weight excluding hydrogens is 365 g/mol. The van der Waals surface area contributed by atoms with Gasteiger partial charge in [0.2, 0.25) is 0 Å². The van der Waals surface area contributed by atoms with Crippen LogP contribution in [0.1, 0.15) is 17.7 Å². The molecule has 3 nitrogen and oxygen atoms in total. The van der Waals surface area contributed by atoms with Gasteiger partial charge in [0, 0.05) is 10.6 Å². The van der Waals surface area contributed by atoms with E-state index in [1.807, 2.05) is 43.3 Å². The minimum absolute atomic E-state index is 0.320. The third-order valence-electron chi connectivity index (χ3n) is 3.79. The third-order valence-corrected chi connectivity index (χ3v) is 5.96. The smallest absolute Gasteiger partial charge is 0.337 e. The van der Waals surface area contributed by atoms with Gasteiger partial charge in [0.1, 0.15) is 0 Å². The molecular formula is C18H15Cl2NO2S. The fraction of sp³-hybridized carbons (Fsp3) is 0.167. The Bertz CT molecular complexity index is 836. The molecule has 0 aliphatic carbocycles. The van der Waals surface area contributed by atoms with Crippen LogP contribution in [-0.4, -0.2) is 13.1 Å². The number of thioether (sulfide) groups is 1. The molecule has 0 amide bonds. The second kappa shape index (κ2) is 7.09. The van der Waals surface area contributed by atoms with E-state index in [1.54, 1.807) is 17.8 Å². The predicted molar refractivity (Wildman–Crippen MR) is 99.8 cm³/mol. The first kappa shape index (κ1) is 17.2. The maximum Gasteiger partial charge on any atom is 0.337 e. The summed E-state index contributed by atoms with van der Waals surface area (Å²) in [5.41, 5.74) is 3.00. The number of ether oxygens (including phenoxy) is 1. The molecule has 0 bridgehead atoms. The topological polar surface area (TPSA) is 38.3 Å². The second-order valence-electron chi connectivity index (χ2n) is 5.29. The van der Waals surface area contributed by atoms with Gasteiger partial charge in [-0.3, -0.25) is 0 Å². The molecule has 1 aliphatic rings. The lowest BCUT2D eigenvalue weighted by Crippen LogP contribution is -2.15. The Kier molecular flexibility index (Phi) is 5.09. The number of esters is 1. The number of halogens is 2. The van der Waals surface area contributed by atoms with Crippen LogP contribution in [0.2, 0.25) is 10.0 Å². The minimum atomic E-state index is -0.388. The number of anilines is 1. The molecule has 24 heavy (non-hydrogen) atoms. The number of hydrogen-bond donors (Lipinski definition) is 1. The number of methoxy groups -OCH3 is 1. The number of benzene rings is 2. The van der Waals surface area contributed by atoms with Crippen LogP contribution < -0.4 is 5.32 Å². The Labute approximate surface area is 155 Å². The van der Waals surface area contributed by atoms with Gasteiger partial charge in [-0.1, -0.05) is 47.5 Å². The molecule has 1 aliphatic heterocycles. The molecule has 1 N–H and O–H groups in total. The molecule has 0 radical (unpaired) electrons. The Hall–Kier alpha value is -1.62. The number of fused-ring (bicyclic) bond motifs is 1. The molecule has 0 spiro atoms. The lowest BCUT2D eigenvalue weighted by Gasteiger charge is -2.20. The van der Waals surface area contributed by atoms with Gasteiger partial charge >= 0.3 is 5.97 Å². The zero-order chi connectivity index (χ0) is 17.3. The van der Waals surface area contributed by atoms with Gasteiger partial charge in [-0.05, 0) is 30.7 Å². The summed E-state index contributed by atoms with van der Waals surface area (Å²) < 4.78 is 5.01. The van der Waals surface area contributed by atoms with Crippen LogP contribution in [0.3, 0.4) is 0 Å². The largest absolute Gasteiger partial charge is 0.466 e. The van der Waals surface area contributed by atoms with Crippen LogP contribution in [0.5, 0.6) is 0 Å². The lowest BCUT2D eigenvalue weighted by atomic mass is 10.0. The van der Waals surface area contributed by atoms with E-state index in [4.69, 9.17) is 27.9 Å². The van der Waals surface area contributed by atoms with Crippen molar-refractivity contribution in [2.75, 3.05) is 12.4 Å². The highest BCUT2D eigenvalue weighted by atomic mass is 35.5. The molecule has 0 saturated heterocycles. The van der Waals surface area contributed by atoms with E-state index in [0.717, 1.165) is 21.8 Å². The molecule has 0 saturated carbocycles. The first-order valence-corrected chi connectivity index (χ1v) is 8.92. The van der Waals surface area contributed by atoms with Crippen molar-refractivity contribution >= 4 is 46.6 Å². The summed E-state index contributed by atoms with van der Waals surface area (Å²) in [6.07, 6.45) is 0. The fourth-order valence-corrected chi connectivity index (χ4v) is 4.49. The SMILES string of the molecule is COC(=O)C1=C(C)Nc2ccccc2SC1c1cccc(Cl)c1Cl. The van der Waals surface area contributed by atoms with E-state index in [9.17, 15) is 4.79 Å². The maximum absolute atomic E-state index is 12.5. The molecule has 0 aromatic heterocycles. The van der Waals surface area contributed by atoms with E-state index in [0.29, 0.717) is 15.6 Å². The summed E-state index contributed by atoms with van der Waals surface area (Å²) in [4.78, 5) is 13.5. The monoisotopic (exact) mass is 379 g/mol. The van der Waals surface area contributed by atoms with Gasteiger partial charge in [0.15, 0.2) is 0 Å². The van der Waals surface area contributed by atoms with E-state index in [1.165, 1.54) is 7.11 Å². The van der Waals surface area contributed by atoms with Gasteiger partial charge in [0.05, 0.1) is 33.7 Å². The van der Waals surface area contributed by atoms with Crippen LogP contribution in [0.4, 0.5) is 5.69 Å². The summed E-state index contributed by atoms with van der Waals surface area (Å²) >= 11 is 14.2. The Morgan fingerprint density at radius 1 is 1.17 bits per heavy atom. The molecule has 1 unspecified atom stereocenters. The van der Waals surface area contributed by atoms with Crippen molar-refractivity contribution < 1.29 is 9.53 Å². The van der Waals surface area contributed by atoms with Crippen molar-refractivity contribution in [3.63, 3.8) is 0 Å². The Morgan fingerprint density at radius 2 is 1.92 bits per heavy atom. The number of carbonyl (C=O) groups excluding carboxylic acids is 1. The third kappa shape index (κ3) is 3.14. The number of nitrogens with one attached hydrogen (secondary N) is 1. The highest BCUT2D eigenvalue weighted by Gasteiger charge is 2.32. The van der Waals surface area contributed by atoms with Crippen molar-refractivity contribution in [2.45, 2.75) is 17.1 Å². The Morgan fingerprint density at radius 3 is 2.67 bits per heavy atom. The number of para-hydroxylation sites is 1. The molecule has 1 atom stereocenters. The first-order chi connectivity index (χ1) is 11.5. The molecule has 2 aromatic carbocycles. The summed E-state index contributed by atoms with van der Waals surface area (Å²) in [5.74, 6) is -0.388. The van der Waals surface area contributed by atoms with Crippen LogP contribution in [0, 0.1) is 0 Å². The fourth-order valence-electron chi connectivity index (χ4n) is 2.64. The van der Waals surface area contributed by atoms with Crippen molar-refractivity contribution in [3.8, 4) is 0 Å². The number of hydrogen-bond acceptors (Lipinski definition) is 4. The van der Waals surface area contributed by atoms with E-state index in [2.05, 4.69) is 5.32 Å². The molecule has 1 heterocycles. The number of allylic oxidation sites excluding steroid dienone is 1. The molecule has 2 aromatic rings. The average molecular weight is 380 g/mol. The number of rotatable bonds is 2. The molecule has 124 valence electrons. The minimum Gasteiger partial charge on any atom is -0.466 e. The molecule has 3 rings (SSSR count). The van der Waals surface area contributed by atoms with Gasteiger partial charge in [0.25, 0.3) is 0 Å². The van der Waals surface area contributed by atoms with Crippen LogP contribution >= 0.6 is 35.0 Å². The van der Waals surface area contributed by atoms with Gasteiger partial charge in [-0.15, -0.1) is 11.8 Å². The van der Waals surface area contributed by atoms with E-state index in [-0.39, 0.29) is 11.2 Å². The summed E-state index contributed by atoms with van der Waals surface area (Å²) in [7, 11) is 1.38. The van der Waals surface area contributed by atoms with Gasteiger partial charge < -0.3 is 10.1 Å². The molecule has 6 heteroatoms. The summed E-state index contributed by atoms with van der Waals surface area (Å²) in [6.45, 7) is 1.86. The van der Waals surface area contributed by atoms with Crippen molar-refractivity contribution in [1.82, 2.24) is 0 Å². The van der Waals surface area contributed by atoms with Crippen LogP contribution in [-0.2, 0) is 9.53 Å². The van der Waals surface area contributed by atoms with Crippen molar-refractivity contribution in [2.24, 2.45) is 0 Å². The van der Waals surface area contributed by atoms with Crippen molar-refractivity contribution in [3.05, 3.63) is 69.3 Å². The number of carbonyl (C=O) groups is 1. The van der Waals surface area contributed by atoms with Gasteiger partial charge in [-0.25, -0.2) is 4.79 Å². The second-order valence-corrected chi connectivity index (χ2v) is 7.22. The summed E-state index contributed by atoms with van der Waals surface area (Å²) in [6, 6.07) is 13.3. The maximum atomic E-state index is 12.5. The van der Waals surface area contributed by atoms with Gasteiger partial charge in [-0.2, -0.15) is 0 Å². The molecule has 0 fully saturated rings. The zero-order valence-corrected chi connectivity index (χ0v) is 15.4. The Balaban J connectivity index is 2.20. The van der Waals surface area contributed by atoms with Crippen LogP contribution in [0.25, 0.3) is 0 Å².